The molecule has 3 N–H and O–H groups in total. The van der Waals surface area contributed by atoms with Gasteiger partial charge in [-0.3, -0.25) is 4.79 Å². The van der Waals surface area contributed by atoms with Crippen LogP contribution in [0.5, 0.6) is 0 Å². The number of hydrogen-bond donors (Lipinski definition) is 2. The minimum atomic E-state index is -0.495. The molecule has 0 saturated heterocycles. The van der Waals surface area contributed by atoms with Crippen LogP contribution in [0.15, 0.2) is 60.7 Å². The molecular weight excluding hydrogens is 284 g/mol. The van der Waals surface area contributed by atoms with Crippen molar-refractivity contribution in [3.05, 3.63) is 71.8 Å². The largest absolute Gasteiger partial charge is 0.354 e. The van der Waals surface area contributed by atoms with E-state index in [0.717, 1.165) is 18.4 Å². The molecule has 0 aromatic heterocycles. The summed E-state index contributed by atoms with van der Waals surface area (Å²) in [4.78, 5) is 12.3. The summed E-state index contributed by atoms with van der Waals surface area (Å²) in [5.41, 5.74) is 8.58. The van der Waals surface area contributed by atoms with Crippen molar-refractivity contribution in [3.63, 3.8) is 0 Å². The summed E-state index contributed by atoms with van der Waals surface area (Å²) < 4.78 is 0. The van der Waals surface area contributed by atoms with E-state index in [4.69, 9.17) is 5.73 Å². The second-order valence-corrected chi connectivity index (χ2v) is 6.51. The SMILES string of the molecule is NC(Cc1ccccc1)C(=O)NCC1(c2ccccc2)CCC1. The summed E-state index contributed by atoms with van der Waals surface area (Å²) in [5.74, 6) is -0.0592. The molecule has 3 heteroatoms. The molecule has 1 unspecified atom stereocenters. The fourth-order valence-electron chi connectivity index (χ4n) is 3.31. The highest BCUT2D eigenvalue weighted by molar-refractivity contribution is 5.82. The van der Waals surface area contributed by atoms with Gasteiger partial charge in [-0.25, -0.2) is 0 Å². The van der Waals surface area contributed by atoms with Crippen LogP contribution in [-0.2, 0) is 16.6 Å². The van der Waals surface area contributed by atoms with Gasteiger partial charge in [0.15, 0.2) is 0 Å². The van der Waals surface area contributed by atoms with Crippen molar-refractivity contribution in [2.45, 2.75) is 37.1 Å². The monoisotopic (exact) mass is 308 g/mol. The third-order valence-electron chi connectivity index (χ3n) is 4.93. The number of benzene rings is 2. The summed E-state index contributed by atoms with van der Waals surface area (Å²) in [7, 11) is 0. The Hall–Kier alpha value is -2.13. The van der Waals surface area contributed by atoms with Crippen molar-refractivity contribution in [2.24, 2.45) is 5.73 Å². The van der Waals surface area contributed by atoms with E-state index in [2.05, 4.69) is 29.6 Å². The average molecular weight is 308 g/mol. The molecule has 0 bridgehead atoms. The lowest BCUT2D eigenvalue weighted by atomic mass is 9.64. The van der Waals surface area contributed by atoms with Crippen LogP contribution in [0.4, 0.5) is 0 Å². The van der Waals surface area contributed by atoms with Gasteiger partial charge in [0.2, 0.25) is 5.91 Å². The molecule has 120 valence electrons. The van der Waals surface area contributed by atoms with Gasteiger partial charge >= 0.3 is 0 Å². The highest BCUT2D eigenvalue weighted by atomic mass is 16.2. The minimum Gasteiger partial charge on any atom is -0.354 e. The Morgan fingerprint density at radius 1 is 1.04 bits per heavy atom. The Morgan fingerprint density at radius 3 is 2.22 bits per heavy atom. The molecule has 0 heterocycles. The van der Waals surface area contributed by atoms with E-state index in [9.17, 15) is 4.79 Å². The summed E-state index contributed by atoms with van der Waals surface area (Å²) in [5, 5.41) is 3.08. The highest BCUT2D eigenvalue weighted by Gasteiger charge is 2.38. The van der Waals surface area contributed by atoms with Crippen LogP contribution in [-0.4, -0.2) is 18.5 Å². The normalized spacial score (nSPS) is 17.1. The van der Waals surface area contributed by atoms with Crippen LogP contribution in [0.25, 0.3) is 0 Å². The first kappa shape index (κ1) is 15.8. The van der Waals surface area contributed by atoms with Crippen LogP contribution in [0.1, 0.15) is 30.4 Å². The molecule has 1 amide bonds. The highest BCUT2D eigenvalue weighted by Crippen LogP contribution is 2.43. The van der Waals surface area contributed by atoms with Gasteiger partial charge in [0.1, 0.15) is 0 Å². The van der Waals surface area contributed by atoms with Crippen molar-refractivity contribution < 1.29 is 4.79 Å². The maximum atomic E-state index is 12.3. The zero-order chi connectivity index (χ0) is 16.1. The topological polar surface area (TPSA) is 55.1 Å². The lowest BCUT2D eigenvalue weighted by Gasteiger charge is -2.42. The maximum Gasteiger partial charge on any atom is 0.237 e. The van der Waals surface area contributed by atoms with Gasteiger partial charge in [0.05, 0.1) is 6.04 Å². The molecule has 23 heavy (non-hydrogen) atoms. The van der Waals surface area contributed by atoms with E-state index < -0.39 is 6.04 Å². The Balaban J connectivity index is 1.58. The number of carbonyl (C=O) groups excluding carboxylic acids is 1. The average Bonchev–Trinajstić information content (AvgIpc) is 2.55. The van der Waals surface area contributed by atoms with Crippen LogP contribution in [0.3, 0.4) is 0 Å². The van der Waals surface area contributed by atoms with Crippen LogP contribution in [0, 0.1) is 0 Å². The Bertz CT molecular complexity index is 635. The van der Waals surface area contributed by atoms with Gasteiger partial charge < -0.3 is 11.1 Å². The van der Waals surface area contributed by atoms with Crippen molar-refractivity contribution >= 4 is 5.91 Å². The van der Waals surface area contributed by atoms with Gasteiger partial charge in [-0.2, -0.15) is 0 Å². The molecule has 1 aliphatic carbocycles. The van der Waals surface area contributed by atoms with Crippen molar-refractivity contribution in [1.29, 1.82) is 0 Å². The van der Waals surface area contributed by atoms with Gasteiger partial charge in [0.25, 0.3) is 0 Å². The summed E-state index contributed by atoms with van der Waals surface area (Å²) in [6, 6.07) is 19.9. The molecule has 2 aromatic rings. The Kier molecular flexibility index (Phi) is 4.77. The molecule has 1 aliphatic rings. The van der Waals surface area contributed by atoms with Crippen LogP contribution >= 0.6 is 0 Å². The molecule has 3 nitrogen and oxygen atoms in total. The lowest BCUT2D eigenvalue weighted by molar-refractivity contribution is -0.122. The van der Waals surface area contributed by atoms with Gasteiger partial charge in [-0.1, -0.05) is 67.1 Å². The van der Waals surface area contributed by atoms with Crippen LogP contribution < -0.4 is 11.1 Å². The summed E-state index contributed by atoms with van der Waals surface area (Å²) in [6.07, 6.45) is 4.06. The molecule has 0 radical (unpaired) electrons. The number of carbonyl (C=O) groups is 1. The second-order valence-electron chi connectivity index (χ2n) is 6.51. The zero-order valence-corrected chi connectivity index (χ0v) is 13.4. The lowest BCUT2D eigenvalue weighted by Crippen LogP contribution is -2.50. The van der Waals surface area contributed by atoms with Crippen molar-refractivity contribution in [1.82, 2.24) is 5.32 Å². The number of nitrogens with two attached hydrogens (primary N) is 1. The van der Waals surface area contributed by atoms with E-state index in [1.165, 1.54) is 12.0 Å². The minimum absolute atomic E-state index is 0.0592. The molecule has 3 rings (SSSR count). The van der Waals surface area contributed by atoms with E-state index in [-0.39, 0.29) is 11.3 Å². The molecule has 1 saturated carbocycles. The number of amides is 1. The predicted molar refractivity (Wildman–Crippen MR) is 93.1 cm³/mol. The fraction of sp³-hybridized carbons (Fsp3) is 0.350. The molecule has 0 aliphatic heterocycles. The fourth-order valence-corrected chi connectivity index (χ4v) is 3.31. The smallest absolute Gasteiger partial charge is 0.237 e. The summed E-state index contributed by atoms with van der Waals surface area (Å²) in [6.45, 7) is 0.679. The Morgan fingerprint density at radius 2 is 1.65 bits per heavy atom. The number of nitrogens with one attached hydrogen (secondary N) is 1. The predicted octanol–water partition coefficient (Wildman–Crippen LogP) is 2.79. The quantitative estimate of drug-likeness (QED) is 0.862. The first-order valence-electron chi connectivity index (χ1n) is 8.32. The first-order chi connectivity index (χ1) is 11.2. The second kappa shape index (κ2) is 6.97. The van der Waals surface area contributed by atoms with Crippen molar-refractivity contribution in [3.8, 4) is 0 Å². The molecule has 0 spiro atoms. The Labute approximate surface area is 137 Å². The molecule has 1 atom stereocenters. The van der Waals surface area contributed by atoms with Crippen molar-refractivity contribution in [2.75, 3.05) is 6.54 Å². The first-order valence-corrected chi connectivity index (χ1v) is 8.32. The van der Waals surface area contributed by atoms with Gasteiger partial charge in [-0.15, -0.1) is 0 Å². The number of hydrogen-bond acceptors (Lipinski definition) is 2. The third kappa shape index (κ3) is 3.62. The van der Waals surface area contributed by atoms with E-state index in [0.29, 0.717) is 13.0 Å². The standard InChI is InChI=1S/C20H24N2O/c21-18(14-16-8-3-1-4-9-16)19(23)22-15-20(12-7-13-20)17-10-5-2-6-11-17/h1-6,8-11,18H,7,12-15,21H2,(H,22,23). The number of rotatable bonds is 6. The van der Waals surface area contributed by atoms with Gasteiger partial charge in [-0.05, 0) is 30.4 Å². The van der Waals surface area contributed by atoms with Gasteiger partial charge in [0, 0.05) is 12.0 Å². The van der Waals surface area contributed by atoms with E-state index in [1.807, 2.05) is 36.4 Å². The zero-order valence-electron chi connectivity index (χ0n) is 13.4. The van der Waals surface area contributed by atoms with Crippen LogP contribution in [0.2, 0.25) is 0 Å². The molecule has 2 aromatic carbocycles. The third-order valence-corrected chi connectivity index (χ3v) is 4.93. The van der Waals surface area contributed by atoms with E-state index >= 15 is 0 Å². The molecule has 1 fully saturated rings. The maximum absolute atomic E-state index is 12.3. The summed E-state index contributed by atoms with van der Waals surface area (Å²) >= 11 is 0. The van der Waals surface area contributed by atoms with E-state index in [1.54, 1.807) is 0 Å². The molecular formula is C20H24N2O.